The maximum Gasteiger partial charge on any atom is 0.270 e. The second kappa shape index (κ2) is 6.65. The van der Waals surface area contributed by atoms with Crippen LogP contribution < -0.4 is 0 Å². The summed E-state index contributed by atoms with van der Waals surface area (Å²) in [7, 11) is 3.51. The van der Waals surface area contributed by atoms with Gasteiger partial charge in [-0.1, -0.05) is 30.3 Å². The summed E-state index contributed by atoms with van der Waals surface area (Å²) >= 11 is 0. The average Bonchev–Trinajstić information content (AvgIpc) is 3.27. The molecule has 6 heteroatoms. The smallest absolute Gasteiger partial charge is 0.270 e. The molecule has 0 saturated carbocycles. The Morgan fingerprint density at radius 3 is 2.68 bits per heavy atom. The second-order valence-corrected chi connectivity index (χ2v) is 6.00. The Bertz CT molecular complexity index is 932. The Morgan fingerprint density at radius 1 is 1.32 bits per heavy atom. The molecule has 1 N–H and O–H groups in total. The van der Waals surface area contributed by atoms with Crippen LogP contribution in [0.1, 0.15) is 34.7 Å². The van der Waals surface area contributed by atoms with Crippen LogP contribution in [-0.4, -0.2) is 32.6 Å². The molecule has 1 aromatic carbocycles. The van der Waals surface area contributed by atoms with Crippen molar-refractivity contribution in [3.63, 3.8) is 0 Å². The lowest BCUT2D eigenvalue weighted by atomic mass is 10.1. The molecule has 0 aliphatic carbocycles. The lowest BCUT2D eigenvalue weighted by molar-refractivity contribution is 0.0730. The van der Waals surface area contributed by atoms with Gasteiger partial charge in [-0.05, 0) is 19.1 Å². The van der Waals surface area contributed by atoms with E-state index in [0.29, 0.717) is 11.3 Å². The van der Waals surface area contributed by atoms with Crippen molar-refractivity contribution >= 4 is 5.91 Å². The molecule has 0 radical (unpaired) electrons. The van der Waals surface area contributed by atoms with Crippen LogP contribution in [0, 0.1) is 11.3 Å². The van der Waals surface area contributed by atoms with E-state index in [1.54, 1.807) is 35.8 Å². The van der Waals surface area contributed by atoms with Crippen molar-refractivity contribution in [3.05, 3.63) is 65.6 Å². The van der Waals surface area contributed by atoms with E-state index >= 15 is 0 Å². The van der Waals surface area contributed by atoms with Crippen LogP contribution in [0.5, 0.6) is 0 Å². The molecule has 25 heavy (non-hydrogen) atoms. The number of aryl methyl sites for hydroxylation is 1. The standard InChI is InChI=1S/C19H19N5O/c1-13(16-10-17(22-21-16)15-7-5-4-6-8-15)24(3)19(25)18-9-14(11-20)12-23(18)2/h4-10,12-13H,1-3H3,(H,21,22)/t13-/m0/s1. The highest BCUT2D eigenvalue weighted by atomic mass is 16.2. The molecule has 0 fully saturated rings. The van der Waals surface area contributed by atoms with Gasteiger partial charge in [0.2, 0.25) is 0 Å². The molecule has 0 unspecified atom stereocenters. The summed E-state index contributed by atoms with van der Waals surface area (Å²) in [5.74, 6) is -0.146. The number of hydrogen-bond acceptors (Lipinski definition) is 3. The molecule has 0 saturated heterocycles. The fourth-order valence-corrected chi connectivity index (χ4v) is 2.71. The molecule has 0 aliphatic heterocycles. The molecule has 3 aromatic rings. The Labute approximate surface area is 146 Å². The van der Waals surface area contributed by atoms with Gasteiger partial charge in [-0.2, -0.15) is 10.4 Å². The van der Waals surface area contributed by atoms with Gasteiger partial charge in [-0.15, -0.1) is 0 Å². The van der Waals surface area contributed by atoms with Crippen molar-refractivity contribution in [3.8, 4) is 17.3 Å². The molecule has 3 rings (SSSR count). The highest BCUT2D eigenvalue weighted by molar-refractivity contribution is 5.93. The van der Waals surface area contributed by atoms with Crippen LogP contribution in [0.3, 0.4) is 0 Å². The number of nitrogens with one attached hydrogen (secondary N) is 1. The van der Waals surface area contributed by atoms with Gasteiger partial charge in [-0.3, -0.25) is 9.89 Å². The predicted octanol–water partition coefficient (Wildman–Crippen LogP) is 3.12. The fourth-order valence-electron chi connectivity index (χ4n) is 2.71. The number of aromatic amines is 1. The van der Waals surface area contributed by atoms with Gasteiger partial charge in [0.25, 0.3) is 5.91 Å². The first-order valence-corrected chi connectivity index (χ1v) is 7.95. The molecule has 6 nitrogen and oxygen atoms in total. The number of rotatable bonds is 4. The van der Waals surface area contributed by atoms with Gasteiger partial charge in [-0.25, -0.2) is 0 Å². The highest BCUT2D eigenvalue weighted by Gasteiger charge is 2.23. The Balaban J connectivity index is 1.82. The summed E-state index contributed by atoms with van der Waals surface area (Å²) in [6.45, 7) is 1.94. The molecular formula is C19H19N5O. The van der Waals surface area contributed by atoms with Gasteiger partial charge in [0.05, 0.1) is 23.0 Å². The summed E-state index contributed by atoms with van der Waals surface area (Å²) in [5, 5.41) is 16.4. The van der Waals surface area contributed by atoms with Crippen LogP contribution >= 0.6 is 0 Å². The van der Waals surface area contributed by atoms with Gasteiger partial charge in [0.15, 0.2) is 0 Å². The van der Waals surface area contributed by atoms with E-state index in [-0.39, 0.29) is 11.9 Å². The van der Waals surface area contributed by atoms with Gasteiger partial charge >= 0.3 is 0 Å². The number of H-pyrrole nitrogens is 1. The molecule has 1 atom stereocenters. The van der Waals surface area contributed by atoms with Crippen molar-refractivity contribution in [1.82, 2.24) is 19.7 Å². The zero-order valence-corrected chi connectivity index (χ0v) is 14.4. The number of nitriles is 1. The normalized spacial score (nSPS) is 11.8. The first-order valence-electron chi connectivity index (χ1n) is 7.95. The summed E-state index contributed by atoms with van der Waals surface area (Å²) in [6, 6.07) is 15.3. The minimum Gasteiger partial charge on any atom is -0.345 e. The minimum atomic E-state index is -0.183. The Kier molecular flexibility index (Phi) is 4.40. The van der Waals surface area contributed by atoms with Crippen LogP contribution in [0.2, 0.25) is 0 Å². The monoisotopic (exact) mass is 333 g/mol. The van der Waals surface area contributed by atoms with Crippen molar-refractivity contribution in [2.75, 3.05) is 7.05 Å². The Hall–Kier alpha value is -3.33. The van der Waals surface area contributed by atoms with Crippen molar-refractivity contribution in [1.29, 1.82) is 5.26 Å². The number of nitrogens with zero attached hydrogens (tertiary/aromatic N) is 4. The summed E-state index contributed by atoms with van der Waals surface area (Å²) in [6.07, 6.45) is 1.65. The zero-order valence-electron chi connectivity index (χ0n) is 14.4. The van der Waals surface area contributed by atoms with E-state index in [2.05, 4.69) is 16.3 Å². The van der Waals surface area contributed by atoms with Gasteiger partial charge < -0.3 is 9.47 Å². The number of aromatic nitrogens is 3. The molecule has 1 amide bonds. The van der Waals surface area contributed by atoms with Crippen molar-refractivity contribution < 1.29 is 4.79 Å². The van der Waals surface area contributed by atoms with Crippen LogP contribution in [0.15, 0.2) is 48.7 Å². The van der Waals surface area contributed by atoms with E-state index in [4.69, 9.17) is 5.26 Å². The highest BCUT2D eigenvalue weighted by Crippen LogP contribution is 2.24. The van der Waals surface area contributed by atoms with E-state index in [9.17, 15) is 4.79 Å². The van der Waals surface area contributed by atoms with E-state index < -0.39 is 0 Å². The van der Waals surface area contributed by atoms with Crippen LogP contribution in [-0.2, 0) is 7.05 Å². The summed E-state index contributed by atoms with van der Waals surface area (Å²) in [5.41, 5.74) is 3.67. The SMILES string of the molecule is C[C@@H](c1cc(-c2ccccc2)n[nH]1)N(C)C(=O)c1cc(C#N)cn1C. The molecule has 2 heterocycles. The molecule has 0 spiro atoms. The van der Waals surface area contributed by atoms with E-state index in [1.807, 2.05) is 43.3 Å². The number of carbonyl (C=O) groups excluding carboxylic acids is 1. The lowest BCUT2D eigenvalue weighted by Crippen LogP contribution is -2.31. The third-order valence-corrected chi connectivity index (χ3v) is 4.37. The largest absolute Gasteiger partial charge is 0.345 e. The number of amides is 1. The van der Waals surface area contributed by atoms with Gasteiger partial charge in [0.1, 0.15) is 11.8 Å². The quantitative estimate of drug-likeness (QED) is 0.797. The minimum absolute atomic E-state index is 0.146. The summed E-state index contributed by atoms with van der Waals surface area (Å²) in [4.78, 5) is 14.4. The van der Waals surface area contributed by atoms with Crippen molar-refractivity contribution in [2.45, 2.75) is 13.0 Å². The topological polar surface area (TPSA) is 77.7 Å². The van der Waals surface area contributed by atoms with Crippen LogP contribution in [0.4, 0.5) is 0 Å². The zero-order chi connectivity index (χ0) is 18.0. The molecule has 2 aromatic heterocycles. The first kappa shape index (κ1) is 16.5. The van der Waals surface area contributed by atoms with Crippen molar-refractivity contribution in [2.24, 2.45) is 7.05 Å². The van der Waals surface area contributed by atoms with E-state index in [0.717, 1.165) is 17.0 Å². The van der Waals surface area contributed by atoms with Gasteiger partial charge in [0, 0.05) is 25.9 Å². The molecule has 126 valence electrons. The second-order valence-electron chi connectivity index (χ2n) is 6.00. The lowest BCUT2D eigenvalue weighted by Gasteiger charge is -2.24. The number of benzene rings is 1. The third-order valence-electron chi connectivity index (χ3n) is 4.37. The first-order chi connectivity index (χ1) is 12.0. The Morgan fingerprint density at radius 2 is 2.04 bits per heavy atom. The molecule has 0 bridgehead atoms. The maximum absolute atomic E-state index is 12.7. The molecule has 0 aliphatic rings. The number of hydrogen-bond donors (Lipinski definition) is 1. The fraction of sp³-hybridized carbons (Fsp3) is 0.211. The average molecular weight is 333 g/mol. The van der Waals surface area contributed by atoms with E-state index in [1.165, 1.54) is 0 Å². The molecular weight excluding hydrogens is 314 g/mol. The summed E-state index contributed by atoms with van der Waals surface area (Å²) < 4.78 is 1.67. The number of carbonyl (C=O) groups is 1. The third kappa shape index (κ3) is 3.17. The van der Waals surface area contributed by atoms with Crippen LogP contribution in [0.25, 0.3) is 11.3 Å². The predicted molar refractivity (Wildman–Crippen MR) is 94.7 cm³/mol. The maximum atomic E-state index is 12.7.